The third-order valence-corrected chi connectivity index (χ3v) is 3.64. The van der Waals surface area contributed by atoms with Crippen LogP contribution in [0, 0.1) is 0 Å². The lowest BCUT2D eigenvalue weighted by atomic mass is 10.1. The van der Waals surface area contributed by atoms with Crippen LogP contribution in [-0.4, -0.2) is 0 Å². The molecule has 1 nitrogen and oxygen atoms in total. The van der Waals surface area contributed by atoms with Crippen molar-refractivity contribution in [3.05, 3.63) is 70.2 Å². The molecule has 1 aromatic heterocycles. The number of hydrogen-bond donors (Lipinski definition) is 0. The second-order valence-corrected chi connectivity index (χ2v) is 5.53. The van der Waals surface area contributed by atoms with Gasteiger partial charge in [-0.05, 0) is 48.5 Å². The molecule has 0 unspecified atom stereocenters. The highest BCUT2D eigenvalue weighted by atomic mass is 79.9. The third kappa shape index (κ3) is 2.75. The molecule has 2 aromatic carbocycles. The van der Waals surface area contributed by atoms with Crippen molar-refractivity contribution < 1.29 is 4.42 Å². The van der Waals surface area contributed by atoms with Gasteiger partial charge in [-0.25, -0.2) is 0 Å². The second-order valence-electron chi connectivity index (χ2n) is 4.18. The molecule has 0 N–H and O–H groups in total. The fourth-order valence-corrected chi connectivity index (χ4v) is 2.27. The van der Waals surface area contributed by atoms with Crippen LogP contribution in [0.5, 0.6) is 0 Å². The van der Waals surface area contributed by atoms with E-state index in [-0.39, 0.29) is 0 Å². The first-order valence-electron chi connectivity index (χ1n) is 5.84. The van der Waals surface area contributed by atoms with Gasteiger partial charge in [-0.1, -0.05) is 39.7 Å². The molecule has 3 aromatic rings. The Labute approximate surface area is 125 Å². The van der Waals surface area contributed by atoms with Crippen LogP contribution in [0.3, 0.4) is 0 Å². The van der Waals surface area contributed by atoms with E-state index >= 15 is 0 Å². The van der Waals surface area contributed by atoms with Crippen LogP contribution < -0.4 is 0 Å². The molecule has 0 bridgehead atoms. The van der Waals surface area contributed by atoms with Crippen LogP contribution >= 0.6 is 27.5 Å². The Balaban J connectivity index is 1.95. The van der Waals surface area contributed by atoms with Gasteiger partial charge in [-0.2, -0.15) is 0 Å². The van der Waals surface area contributed by atoms with Gasteiger partial charge in [0, 0.05) is 20.6 Å². The average Bonchev–Trinajstić information content (AvgIpc) is 2.90. The molecule has 1 heterocycles. The summed E-state index contributed by atoms with van der Waals surface area (Å²) in [4.78, 5) is 0. The Bertz CT molecular complexity index is 624. The molecular formula is C16H10BrClO. The standard InChI is InChI=1S/C16H10BrClO/c17-13-5-1-11(2-6-13)15-9-10-16(19-15)12-3-7-14(18)8-4-12/h1-10H. The summed E-state index contributed by atoms with van der Waals surface area (Å²) in [6, 6.07) is 19.6. The number of hydrogen-bond acceptors (Lipinski definition) is 1. The fraction of sp³-hybridized carbons (Fsp3) is 0. The summed E-state index contributed by atoms with van der Waals surface area (Å²) in [5.74, 6) is 1.70. The van der Waals surface area contributed by atoms with Gasteiger partial charge in [0.1, 0.15) is 11.5 Å². The van der Waals surface area contributed by atoms with Crippen molar-refractivity contribution >= 4 is 27.5 Å². The van der Waals surface area contributed by atoms with E-state index in [1.54, 1.807) is 0 Å². The minimum absolute atomic E-state index is 0.725. The van der Waals surface area contributed by atoms with E-state index in [1.165, 1.54) is 0 Å². The van der Waals surface area contributed by atoms with Gasteiger partial charge >= 0.3 is 0 Å². The highest BCUT2D eigenvalue weighted by Crippen LogP contribution is 2.29. The summed E-state index contributed by atoms with van der Waals surface area (Å²) in [7, 11) is 0. The normalized spacial score (nSPS) is 10.6. The first kappa shape index (κ1) is 12.5. The number of benzene rings is 2. The van der Waals surface area contributed by atoms with Gasteiger partial charge in [0.15, 0.2) is 0 Å². The van der Waals surface area contributed by atoms with Gasteiger partial charge in [0.05, 0.1) is 0 Å². The van der Waals surface area contributed by atoms with Crippen molar-refractivity contribution in [2.45, 2.75) is 0 Å². The lowest BCUT2D eigenvalue weighted by molar-refractivity contribution is 0.597. The Morgan fingerprint density at radius 1 is 0.684 bits per heavy atom. The zero-order valence-electron chi connectivity index (χ0n) is 9.94. The predicted molar refractivity (Wildman–Crippen MR) is 82.3 cm³/mol. The van der Waals surface area contributed by atoms with E-state index in [2.05, 4.69) is 15.9 Å². The molecule has 19 heavy (non-hydrogen) atoms. The van der Waals surface area contributed by atoms with Crippen LogP contribution in [0.25, 0.3) is 22.6 Å². The Kier molecular flexibility index (Phi) is 3.45. The van der Waals surface area contributed by atoms with Crippen molar-refractivity contribution in [2.75, 3.05) is 0 Å². The van der Waals surface area contributed by atoms with Gasteiger partial charge in [0.25, 0.3) is 0 Å². The molecule has 0 amide bonds. The van der Waals surface area contributed by atoms with E-state index in [1.807, 2.05) is 60.7 Å². The lowest BCUT2D eigenvalue weighted by Gasteiger charge is -1.99. The average molecular weight is 334 g/mol. The Hall–Kier alpha value is -1.51. The van der Waals surface area contributed by atoms with E-state index in [9.17, 15) is 0 Å². The lowest BCUT2D eigenvalue weighted by Crippen LogP contribution is -1.74. The number of halogens is 2. The minimum atomic E-state index is 0.725. The minimum Gasteiger partial charge on any atom is -0.456 e. The molecule has 3 heteroatoms. The smallest absolute Gasteiger partial charge is 0.134 e. The van der Waals surface area contributed by atoms with Crippen molar-refractivity contribution in [1.29, 1.82) is 0 Å². The predicted octanol–water partition coefficient (Wildman–Crippen LogP) is 6.03. The molecule has 0 fully saturated rings. The molecule has 0 radical (unpaired) electrons. The quantitative estimate of drug-likeness (QED) is 0.558. The Morgan fingerprint density at radius 2 is 1.16 bits per heavy atom. The summed E-state index contributed by atoms with van der Waals surface area (Å²) in [5.41, 5.74) is 2.08. The zero-order valence-corrected chi connectivity index (χ0v) is 12.3. The molecule has 0 atom stereocenters. The van der Waals surface area contributed by atoms with Gasteiger partial charge in [0.2, 0.25) is 0 Å². The van der Waals surface area contributed by atoms with E-state index in [0.29, 0.717) is 0 Å². The molecular weight excluding hydrogens is 324 g/mol. The first-order chi connectivity index (χ1) is 9.22. The van der Waals surface area contributed by atoms with E-state index in [4.69, 9.17) is 16.0 Å². The summed E-state index contributed by atoms with van der Waals surface area (Å²) in [6.07, 6.45) is 0. The molecule has 0 spiro atoms. The molecule has 94 valence electrons. The first-order valence-corrected chi connectivity index (χ1v) is 7.01. The van der Waals surface area contributed by atoms with Crippen molar-refractivity contribution in [3.8, 4) is 22.6 Å². The van der Waals surface area contributed by atoms with Gasteiger partial charge < -0.3 is 4.42 Å². The summed E-state index contributed by atoms with van der Waals surface area (Å²) in [5, 5.41) is 0.725. The van der Waals surface area contributed by atoms with Gasteiger partial charge in [-0.15, -0.1) is 0 Å². The van der Waals surface area contributed by atoms with Crippen LogP contribution in [0.1, 0.15) is 0 Å². The molecule has 0 aliphatic rings. The summed E-state index contributed by atoms with van der Waals surface area (Å²) >= 11 is 9.30. The second kappa shape index (κ2) is 5.24. The van der Waals surface area contributed by atoms with Crippen molar-refractivity contribution in [3.63, 3.8) is 0 Å². The SMILES string of the molecule is Clc1ccc(-c2ccc(-c3ccc(Br)cc3)o2)cc1. The molecule has 0 aliphatic heterocycles. The summed E-state index contributed by atoms with van der Waals surface area (Å²) < 4.78 is 6.93. The Morgan fingerprint density at radius 3 is 1.68 bits per heavy atom. The largest absolute Gasteiger partial charge is 0.456 e. The van der Waals surface area contributed by atoms with Crippen LogP contribution in [0.4, 0.5) is 0 Å². The summed E-state index contributed by atoms with van der Waals surface area (Å²) in [6.45, 7) is 0. The number of furan rings is 1. The number of rotatable bonds is 2. The van der Waals surface area contributed by atoms with Crippen molar-refractivity contribution in [1.82, 2.24) is 0 Å². The van der Waals surface area contributed by atoms with Gasteiger partial charge in [-0.3, -0.25) is 0 Å². The fourth-order valence-electron chi connectivity index (χ4n) is 1.88. The molecule has 3 rings (SSSR count). The molecule has 0 aliphatic carbocycles. The third-order valence-electron chi connectivity index (χ3n) is 2.86. The monoisotopic (exact) mass is 332 g/mol. The maximum Gasteiger partial charge on any atom is 0.134 e. The maximum atomic E-state index is 5.88. The van der Waals surface area contributed by atoms with Crippen molar-refractivity contribution in [2.24, 2.45) is 0 Å². The van der Waals surface area contributed by atoms with Crippen LogP contribution in [0.2, 0.25) is 5.02 Å². The highest BCUT2D eigenvalue weighted by Gasteiger charge is 2.06. The molecule has 0 saturated heterocycles. The maximum absolute atomic E-state index is 5.88. The highest BCUT2D eigenvalue weighted by molar-refractivity contribution is 9.10. The topological polar surface area (TPSA) is 13.1 Å². The zero-order chi connectivity index (χ0) is 13.2. The van der Waals surface area contributed by atoms with E-state index in [0.717, 1.165) is 32.1 Å². The van der Waals surface area contributed by atoms with E-state index < -0.39 is 0 Å². The molecule has 0 saturated carbocycles. The van der Waals surface area contributed by atoms with Crippen LogP contribution in [-0.2, 0) is 0 Å². The van der Waals surface area contributed by atoms with Crippen LogP contribution in [0.15, 0.2) is 69.6 Å².